The number of ether oxygens (including phenoxy) is 1. The molecule has 35 heavy (non-hydrogen) atoms. The lowest BCUT2D eigenvalue weighted by molar-refractivity contribution is -0.113. The number of hydrogen-bond acceptors (Lipinski definition) is 7. The van der Waals surface area contributed by atoms with Crippen molar-refractivity contribution >= 4 is 40.9 Å². The summed E-state index contributed by atoms with van der Waals surface area (Å²) in [5, 5.41) is 25.0. The molecule has 2 amide bonds. The zero-order valence-corrected chi connectivity index (χ0v) is 20.9. The Bertz CT molecular complexity index is 1200. The molecule has 0 aliphatic carbocycles. The number of aliphatic hydroxyl groups excluding tert-OH is 1. The summed E-state index contributed by atoms with van der Waals surface area (Å²) in [6.07, 6.45) is 1.65. The van der Waals surface area contributed by atoms with Gasteiger partial charge in [-0.05, 0) is 55.0 Å². The Balaban J connectivity index is 1.70. The van der Waals surface area contributed by atoms with Crippen LogP contribution >= 0.6 is 23.4 Å². The van der Waals surface area contributed by atoms with Crippen molar-refractivity contribution < 1.29 is 19.4 Å². The predicted molar refractivity (Wildman–Crippen MR) is 136 cm³/mol. The fourth-order valence-corrected chi connectivity index (χ4v) is 4.21. The van der Waals surface area contributed by atoms with Gasteiger partial charge in [0.25, 0.3) is 5.91 Å². The molecule has 1 atom stereocenters. The van der Waals surface area contributed by atoms with Crippen molar-refractivity contribution in [1.29, 1.82) is 0 Å². The van der Waals surface area contributed by atoms with Gasteiger partial charge in [0.05, 0.1) is 19.5 Å². The SMILES string of the molecule is C=CCn1c(SCC(=O)Nc2ccc(Cl)cc2C)nnc1C(CO)NC(=O)c1ccc(OC)cc1. The minimum Gasteiger partial charge on any atom is -0.497 e. The van der Waals surface area contributed by atoms with Crippen LogP contribution in [0.15, 0.2) is 60.3 Å². The van der Waals surface area contributed by atoms with E-state index in [1.165, 1.54) is 11.8 Å². The fourth-order valence-electron chi connectivity index (χ4n) is 3.22. The lowest BCUT2D eigenvalue weighted by Gasteiger charge is -2.17. The summed E-state index contributed by atoms with van der Waals surface area (Å²) >= 11 is 7.15. The van der Waals surface area contributed by atoms with Crippen molar-refractivity contribution in [2.45, 2.75) is 24.7 Å². The molecule has 0 spiro atoms. The molecule has 1 aromatic heterocycles. The highest BCUT2D eigenvalue weighted by Gasteiger charge is 2.23. The Morgan fingerprint density at radius 3 is 2.63 bits per heavy atom. The van der Waals surface area contributed by atoms with E-state index in [-0.39, 0.29) is 17.6 Å². The number of anilines is 1. The summed E-state index contributed by atoms with van der Waals surface area (Å²) in [6.45, 7) is 5.56. The summed E-state index contributed by atoms with van der Waals surface area (Å²) in [5.41, 5.74) is 1.93. The van der Waals surface area contributed by atoms with Gasteiger partial charge < -0.3 is 25.0 Å². The predicted octanol–water partition coefficient (Wildman–Crippen LogP) is 3.63. The molecule has 0 saturated heterocycles. The number of aromatic nitrogens is 3. The number of nitrogens with zero attached hydrogens (tertiary/aromatic N) is 3. The lowest BCUT2D eigenvalue weighted by Crippen LogP contribution is -2.33. The Hall–Kier alpha value is -3.34. The van der Waals surface area contributed by atoms with Crippen molar-refractivity contribution in [3.8, 4) is 5.75 Å². The van der Waals surface area contributed by atoms with Gasteiger partial charge >= 0.3 is 0 Å². The molecule has 0 aliphatic heterocycles. The molecule has 0 saturated carbocycles. The van der Waals surface area contributed by atoms with E-state index in [1.807, 2.05) is 6.92 Å². The molecule has 3 N–H and O–H groups in total. The molecular weight excluding hydrogens is 490 g/mol. The maximum atomic E-state index is 12.7. The van der Waals surface area contributed by atoms with E-state index < -0.39 is 12.6 Å². The molecule has 9 nitrogen and oxygen atoms in total. The van der Waals surface area contributed by atoms with Gasteiger partial charge in [0.15, 0.2) is 11.0 Å². The third kappa shape index (κ3) is 6.84. The zero-order chi connectivity index (χ0) is 25.4. The number of rotatable bonds is 11. The van der Waals surface area contributed by atoms with E-state index in [2.05, 4.69) is 27.4 Å². The van der Waals surface area contributed by atoms with E-state index in [1.54, 1.807) is 60.2 Å². The first kappa shape index (κ1) is 26.3. The van der Waals surface area contributed by atoms with E-state index in [0.717, 1.165) is 5.56 Å². The molecule has 2 aromatic carbocycles. The highest BCUT2D eigenvalue weighted by Crippen LogP contribution is 2.23. The number of hydrogen-bond donors (Lipinski definition) is 3. The zero-order valence-electron chi connectivity index (χ0n) is 19.3. The lowest BCUT2D eigenvalue weighted by atomic mass is 10.2. The van der Waals surface area contributed by atoms with Gasteiger partial charge in [-0.15, -0.1) is 16.8 Å². The van der Waals surface area contributed by atoms with Crippen LogP contribution in [0.25, 0.3) is 0 Å². The number of aliphatic hydroxyl groups is 1. The summed E-state index contributed by atoms with van der Waals surface area (Å²) < 4.78 is 6.81. The smallest absolute Gasteiger partial charge is 0.251 e. The van der Waals surface area contributed by atoms with Gasteiger partial charge in [-0.25, -0.2) is 0 Å². The Labute approximate surface area is 212 Å². The average Bonchev–Trinajstić information content (AvgIpc) is 3.25. The Morgan fingerprint density at radius 2 is 2.00 bits per heavy atom. The maximum Gasteiger partial charge on any atom is 0.251 e. The first-order valence-corrected chi connectivity index (χ1v) is 12.0. The van der Waals surface area contributed by atoms with Crippen LogP contribution in [0.4, 0.5) is 5.69 Å². The topological polar surface area (TPSA) is 118 Å². The summed E-state index contributed by atoms with van der Waals surface area (Å²) in [5.74, 6) is 0.460. The van der Waals surface area contributed by atoms with Crippen LogP contribution in [0.2, 0.25) is 5.02 Å². The number of benzene rings is 2. The van der Waals surface area contributed by atoms with E-state index >= 15 is 0 Å². The van der Waals surface area contributed by atoms with E-state index in [0.29, 0.717) is 39.5 Å². The molecule has 1 unspecified atom stereocenters. The van der Waals surface area contributed by atoms with Crippen LogP contribution in [-0.4, -0.2) is 51.2 Å². The first-order valence-electron chi connectivity index (χ1n) is 10.6. The number of thioether (sulfide) groups is 1. The van der Waals surface area contributed by atoms with Crippen LogP contribution < -0.4 is 15.4 Å². The highest BCUT2D eigenvalue weighted by molar-refractivity contribution is 7.99. The number of carbonyl (C=O) groups is 2. The van der Waals surface area contributed by atoms with Crippen LogP contribution in [0.5, 0.6) is 5.75 Å². The summed E-state index contributed by atoms with van der Waals surface area (Å²) in [4.78, 5) is 25.2. The van der Waals surface area contributed by atoms with E-state index in [4.69, 9.17) is 16.3 Å². The van der Waals surface area contributed by atoms with Crippen LogP contribution in [0.3, 0.4) is 0 Å². The van der Waals surface area contributed by atoms with Crippen molar-refractivity contribution in [3.05, 3.63) is 77.1 Å². The summed E-state index contributed by atoms with van der Waals surface area (Å²) in [6, 6.07) is 11.0. The Kier molecular flexibility index (Phi) is 9.30. The van der Waals surface area contributed by atoms with Crippen molar-refractivity contribution in [1.82, 2.24) is 20.1 Å². The number of aryl methyl sites for hydroxylation is 1. The second kappa shape index (κ2) is 12.4. The fraction of sp³-hybridized carbons (Fsp3) is 0.250. The molecule has 0 radical (unpaired) electrons. The van der Waals surface area contributed by atoms with Gasteiger partial charge in [0.1, 0.15) is 11.8 Å². The molecule has 1 heterocycles. The molecule has 3 rings (SSSR count). The Morgan fingerprint density at radius 1 is 1.26 bits per heavy atom. The standard InChI is InChI=1S/C24H26ClN5O4S/c1-4-11-30-22(20(13-31)27-23(33)16-5-8-18(34-3)9-6-16)28-29-24(30)35-14-21(32)26-19-10-7-17(25)12-15(19)2/h4-10,12,20,31H,1,11,13-14H2,2-3H3,(H,26,32)(H,27,33). The number of methoxy groups -OCH3 is 1. The number of amides is 2. The van der Waals surface area contributed by atoms with Gasteiger partial charge in [-0.1, -0.05) is 29.4 Å². The second-order valence-electron chi connectivity index (χ2n) is 7.47. The minimum atomic E-state index is -0.808. The molecular formula is C24H26ClN5O4S. The van der Waals surface area contributed by atoms with Crippen molar-refractivity contribution in [2.24, 2.45) is 0 Å². The average molecular weight is 516 g/mol. The van der Waals surface area contributed by atoms with Crippen LogP contribution in [-0.2, 0) is 11.3 Å². The van der Waals surface area contributed by atoms with E-state index in [9.17, 15) is 14.7 Å². The van der Waals surface area contributed by atoms with Crippen LogP contribution in [0, 0.1) is 6.92 Å². The molecule has 3 aromatic rings. The molecule has 11 heteroatoms. The maximum absolute atomic E-state index is 12.7. The monoisotopic (exact) mass is 515 g/mol. The number of halogens is 1. The number of carbonyl (C=O) groups excluding carboxylic acids is 2. The van der Waals surface area contributed by atoms with Gasteiger partial charge in [-0.2, -0.15) is 0 Å². The van der Waals surface area contributed by atoms with Gasteiger partial charge in [0, 0.05) is 22.8 Å². The third-order valence-electron chi connectivity index (χ3n) is 5.00. The largest absolute Gasteiger partial charge is 0.497 e. The number of allylic oxidation sites excluding steroid dienone is 1. The first-order chi connectivity index (χ1) is 16.9. The summed E-state index contributed by atoms with van der Waals surface area (Å²) in [7, 11) is 1.54. The minimum absolute atomic E-state index is 0.0827. The molecule has 184 valence electrons. The third-order valence-corrected chi connectivity index (χ3v) is 6.21. The molecule has 0 fully saturated rings. The van der Waals surface area contributed by atoms with Crippen molar-refractivity contribution in [2.75, 3.05) is 24.8 Å². The van der Waals surface area contributed by atoms with Crippen LogP contribution in [0.1, 0.15) is 27.8 Å². The molecule has 0 bridgehead atoms. The highest BCUT2D eigenvalue weighted by atomic mass is 35.5. The van der Waals surface area contributed by atoms with Gasteiger partial charge in [0.2, 0.25) is 5.91 Å². The molecule has 0 aliphatic rings. The van der Waals surface area contributed by atoms with Crippen molar-refractivity contribution in [3.63, 3.8) is 0 Å². The van der Waals surface area contributed by atoms with Gasteiger partial charge in [-0.3, -0.25) is 9.59 Å². The number of nitrogens with one attached hydrogen (secondary N) is 2. The second-order valence-corrected chi connectivity index (χ2v) is 8.85. The quantitative estimate of drug-likeness (QED) is 0.263. The normalized spacial score (nSPS) is 11.5.